The van der Waals surface area contributed by atoms with Crippen LogP contribution in [0.1, 0.15) is 12.0 Å². The highest BCUT2D eigenvalue weighted by Crippen LogP contribution is 2.30. The maximum Gasteiger partial charge on any atom is 0.161 e. The zero-order chi connectivity index (χ0) is 17.8. The third kappa shape index (κ3) is 3.63. The number of fused-ring (bicyclic) bond motifs is 2. The molecule has 1 atom stereocenters. The lowest BCUT2D eigenvalue weighted by atomic mass is 10.1. The van der Waals surface area contributed by atoms with E-state index in [0.29, 0.717) is 6.61 Å². The van der Waals surface area contributed by atoms with Crippen molar-refractivity contribution >= 4 is 10.9 Å². The van der Waals surface area contributed by atoms with Gasteiger partial charge in [-0.2, -0.15) is 0 Å². The van der Waals surface area contributed by atoms with E-state index in [0.717, 1.165) is 48.7 Å². The molecule has 1 aromatic heterocycles. The van der Waals surface area contributed by atoms with Crippen LogP contribution in [-0.4, -0.2) is 37.9 Å². The van der Waals surface area contributed by atoms with Crippen molar-refractivity contribution in [3.8, 4) is 17.2 Å². The first-order valence-electron chi connectivity index (χ1n) is 9.06. The van der Waals surface area contributed by atoms with Crippen LogP contribution in [0.15, 0.2) is 48.7 Å². The van der Waals surface area contributed by atoms with Crippen LogP contribution >= 0.6 is 0 Å². The molecule has 0 radical (unpaired) electrons. The molecule has 4 rings (SSSR count). The molecule has 0 bridgehead atoms. The van der Waals surface area contributed by atoms with E-state index in [9.17, 15) is 0 Å². The van der Waals surface area contributed by atoms with Crippen molar-refractivity contribution in [2.24, 2.45) is 0 Å². The summed E-state index contributed by atoms with van der Waals surface area (Å²) in [6.07, 6.45) is 4.24. The largest absolute Gasteiger partial charge is 0.497 e. The molecule has 3 aromatic rings. The van der Waals surface area contributed by atoms with Crippen molar-refractivity contribution in [2.45, 2.75) is 18.9 Å². The predicted octanol–water partition coefficient (Wildman–Crippen LogP) is 3.54. The van der Waals surface area contributed by atoms with E-state index < -0.39 is 0 Å². The number of para-hydroxylation sites is 2. The van der Waals surface area contributed by atoms with Crippen molar-refractivity contribution in [1.29, 1.82) is 0 Å². The first kappa shape index (κ1) is 16.8. The Morgan fingerprint density at radius 1 is 1.19 bits per heavy atom. The van der Waals surface area contributed by atoms with Gasteiger partial charge in [0.05, 0.1) is 7.11 Å². The van der Waals surface area contributed by atoms with Crippen LogP contribution in [0.5, 0.6) is 17.2 Å². The summed E-state index contributed by atoms with van der Waals surface area (Å²) < 4.78 is 17.0. The molecule has 0 aliphatic carbocycles. The number of aromatic amines is 1. The monoisotopic (exact) mass is 352 g/mol. The minimum atomic E-state index is 0.0576. The lowest BCUT2D eigenvalue weighted by Crippen LogP contribution is -2.38. The van der Waals surface area contributed by atoms with Crippen molar-refractivity contribution in [2.75, 3.05) is 26.8 Å². The molecular formula is C21H24N2O3. The Kier molecular flexibility index (Phi) is 4.97. The summed E-state index contributed by atoms with van der Waals surface area (Å²) in [5.74, 6) is 2.56. The van der Waals surface area contributed by atoms with Gasteiger partial charge >= 0.3 is 0 Å². The van der Waals surface area contributed by atoms with E-state index in [1.807, 2.05) is 30.3 Å². The van der Waals surface area contributed by atoms with Crippen LogP contribution in [0.4, 0.5) is 0 Å². The SMILES string of the molecule is COc1ccc2[nH]cc(CCCNCC3COc4ccccc4O3)c2c1. The smallest absolute Gasteiger partial charge is 0.161 e. The van der Waals surface area contributed by atoms with Crippen molar-refractivity contribution in [1.82, 2.24) is 10.3 Å². The van der Waals surface area contributed by atoms with Gasteiger partial charge in [-0.25, -0.2) is 0 Å². The number of ether oxygens (including phenoxy) is 3. The van der Waals surface area contributed by atoms with E-state index in [4.69, 9.17) is 14.2 Å². The summed E-state index contributed by atoms with van der Waals surface area (Å²) in [6.45, 7) is 2.32. The Morgan fingerprint density at radius 2 is 2.08 bits per heavy atom. The molecular weight excluding hydrogens is 328 g/mol. The Morgan fingerprint density at radius 3 is 2.96 bits per heavy atom. The lowest BCUT2D eigenvalue weighted by molar-refractivity contribution is 0.0905. The molecule has 2 heterocycles. The number of aryl methyl sites for hydroxylation is 1. The van der Waals surface area contributed by atoms with Gasteiger partial charge in [0, 0.05) is 23.6 Å². The van der Waals surface area contributed by atoms with Crippen LogP contribution in [0.3, 0.4) is 0 Å². The third-order valence-electron chi connectivity index (χ3n) is 4.71. The Labute approximate surface area is 153 Å². The van der Waals surface area contributed by atoms with E-state index in [2.05, 4.69) is 28.6 Å². The lowest BCUT2D eigenvalue weighted by Gasteiger charge is -2.26. The molecule has 5 nitrogen and oxygen atoms in total. The fourth-order valence-corrected chi connectivity index (χ4v) is 3.32. The van der Waals surface area contributed by atoms with E-state index in [-0.39, 0.29) is 6.10 Å². The first-order valence-corrected chi connectivity index (χ1v) is 9.06. The Hall–Kier alpha value is -2.66. The molecule has 2 aromatic carbocycles. The van der Waals surface area contributed by atoms with Gasteiger partial charge in [0.15, 0.2) is 11.5 Å². The number of nitrogens with one attached hydrogen (secondary N) is 2. The second kappa shape index (κ2) is 7.70. The van der Waals surface area contributed by atoms with Crippen LogP contribution in [0.2, 0.25) is 0 Å². The summed E-state index contributed by atoms with van der Waals surface area (Å²) in [5, 5.41) is 4.72. The van der Waals surface area contributed by atoms with Gasteiger partial charge in [-0.3, -0.25) is 0 Å². The highest BCUT2D eigenvalue weighted by atomic mass is 16.6. The molecule has 1 unspecified atom stereocenters. The van der Waals surface area contributed by atoms with Gasteiger partial charge in [0.2, 0.25) is 0 Å². The molecule has 0 saturated heterocycles. The molecule has 0 fully saturated rings. The predicted molar refractivity (Wildman–Crippen MR) is 102 cm³/mol. The Bertz CT molecular complexity index is 875. The molecule has 26 heavy (non-hydrogen) atoms. The van der Waals surface area contributed by atoms with Gasteiger partial charge in [0.25, 0.3) is 0 Å². The fourth-order valence-electron chi connectivity index (χ4n) is 3.32. The van der Waals surface area contributed by atoms with Crippen LogP contribution in [-0.2, 0) is 6.42 Å². The van der Waals surface area contributed by atoms with Crippen molar-refractivity contribution in [3.63, 3.8) is 0 Å². The average molecular weight is 352 g/mol. The van der Waals surface area contributed by atoms with Gasteiger partial charge < -0.3 is 24.5 Å². The first-order chi connectivity index (χ1) is 12.8. The zero-order valence-electron chi connectivity index (χ0n) is 15.0. The molecule has 0 spiro atoms. The molecule has 2 N–H and O–H groups in total. The summed E-state index contributed by atoms with van der Waals surface area (Å²) in [6, 6.07) is 14.0. The highest BCUT2D eigenvalue weighted by molar-refractivity contribution is 5.84. The van der Waals surface area contributed by atoms with Crippen LogP contribution < -0.4 is 19.5 Å². The normalized spacial score (nSPS) is 16.0. The summed E-state index contributed by atoms with van der Waals surface area (Å²) >= 11 is 0. The van der Waals surface area contributed by atoms with Gasteiger partial charge in [-0.15, -0.1) is 0 Å². The molecule has 1 aliphatic heterocycles. The molecule has 1 aliphatic rings. The van der Waals surface area contributed by atoms with Gasteiger partial charge in [-0.1, -0.05) is 12.1 Å². The third-order valence-corrected chi connectivity index (χ3v) is 4.71. The quantitative estimate of drug-likeness (QED) is 0.639. The molecule has 5 heteroatoms. The van der Waals surface area contributed by atoms with Gasteiger partial charge in [-0.05, 0) is 55.3 Å². The number of aromatic nitrogens is 1. The molecule has 0 amide bonds. The minimum Gasteiger partial charge on any atom is -0.497 e. The standard InChI is InChI=1S/C21H24N2O3/c1-24-16-8-9-19-18(11-16)15(12-23-19)5-4-10-22-13-17-14-25-20-6-2-3-7-21(20)26-17/h2-3,6-9,11-12,17,22-23H,4-5,10,13-14H2,1H3. The Balaban J connectivity index is 1.24. The van der Waals surface area contributed by atoms with Crippen LogP contribution in [0, 0.1) is 0 Å². The second-order valence-corrected chi connectivity index (χ2v) is 6.53. The van der Waals surface area contributed by atoms with Crippen LogP contribution in [0.25, 0.3) is 10.9 Å². The van der Waals surface area contributed by atoms with Crippen molar-refractivity contribution in [3.05, 3.63) is 54.2 Å². The zero-order valence-corrected chi connectivity index (χ0v) is 15.0. The minimum absolute atomic E-state index is 0.0576. The molecule has 136 valence electrons. The molecule has 0 saturated carbocycles. The number of H-pyrrole nitrogens is 1. The number of methoxy groups -OCH3 is 1. The summed E-state index contributed by atoms with van der Waals surface area (Å²) in [4.78, 5) is 3.33. The van der Waals surface area contributed by atoms with E-state index in [1.165, 1.54) is 10.9 Å². The number of rotatable bonds is 7. The fraction of sp³-hybridized carbons (Fsp3) is 0.333. The summed E-state index contributed by atoms with van der Waals surface area (Å²) in [7, 11) is 1.70. The highest BCUT2D eigenvalue weighted by Gasteiger charge is 2.19. The van der Waals surface area contributed by atoms with Crippen molar-refractivity contribution < 1.29 is 14.2 Å². The summed E-state index contributed by atoms with van der Waals surface area (Å²) in [5.41, 5.74) is 2.48. The second-order valence-electron chi connectivity index (χ2n) is 6.53. The topological polar surface area (TPSA) is 55.5 Å². The van der Waals surface area contributed by atoms with E-state index in [1.54, 1.807) is 7.11 Å². The maximum atomic E-state index is 5.96. The number of hydrogen-bond acceptors (Lipinski definition) is 4. The van der Waals surface area contributed by atoms with E-state index >= 15 is 0 Å². The number of hydrogen-bond donors (Lipinski definition) is 2. The van der Waals surface area contributed by atoms with Gasteiger partial charge in [0.1, 0.15) is 18.5 Å². The number of benzene rings is 2. The average Bonchev–Trinajstić information content (AvgIpc) is 3.09. The maximum absolute atomic E-state index is 5.96.